The zero-order valence-electron chi connectivity index (χ0n) is 20.2. The summed E-state index contributed by atoms with van der Waals surface area (Å²) in [6.07, 6.45) is 5.03. The van der Waals surface area contributed by atoms with Gasteiger partial charge in [0.1, 0.15) is 31.7 Å². The van der Waals surface area contributed by atoms with Gasteiger partial charge in [-0.2, -0.15) is 0 Å². The van der Waals surface area contributed by atoms with Crippen molar-refractivity contribution in [2.75, 3.05) is 26.4 Å². The van der Waals surface area contributed by atoms with E-state index < -0.39 is 18.0 Å². The van der Waals surface area contributed by atoms with Crippen LogP contribution in [0.4, 0.5) is 0 Å². The topological polar surface area (TPSA) is 71.1 Å². The predicted octanol–water partition coefficient (Wildman–Crippen LogP) is 5.43. The molecule has 35 heavy (non-hydrogen) atoms. The van der Waals surface area contributed by atoms with E-state index in [0.29, 0.717) is 33.6 Å². The van der Waals surface area contributed by atoms with Crippen LogP contribution in [0.5, 0.6) is 0 Å². The Morgan fingerprint density at radius 3 is 2.09 bits per heavy atom. The normalized spacial score (nSPS) is 11.0. The van der Waals surface area contributed by atoms with Gasteiger partial charge in [0.05, 0.1) is 12.2 Å². The second-order valence-corrected chi connectivity index (χ2v) is 7.65. The number of ether oxygens (including phenoxy) is 4. The van der Waals surface area contributed by atoms with Gasteiger partial charge in [-0.1, -0.05) is 68.1 Å². The fourth-order valence-corrected chi connectivity index (χ4v) is 3.02. The van der Waals surface area contributed by atoms with E-state index >= 15 is 0 Å². The van der Waals surface area contributed by atoms with Crippen LogP contribution in [0.25, 0.3) is 11.1 Å². The van der Waals surface area contributed by atoms with Gasteiger partial charge < -0.3 is 18.9 Å². The quantitative estimate of drug-likeness (QED) is 0.0963. The molecule has 0 aliphatic rings. The lowest BCUT2D eigenvalue weighted by Crippen LogP contribution is -2.14. The van der Waals surface area contributed by atoms with E-state index in [1.54, 1.807) is 26.0 Å². The average Bonchev–Trinajstić information content (AvgIpc) is 2.86. The molecule has 0 N–H and O–H groups in total. The molecule has 0 spiro atoms. The second-order valence-electron chi connectivity index (χ2n) is 7.65. The number of benzene rings is 2. The van der Waals surface area contributed by atoms with Gasteiger partial charge in [0.25, 0.3) is 0 Å². The third kappa shape index (κ3) is 8.02. The molecule has 0 saturated heterocycles. The van der Waals surface area contributed by atoms with Gasteiger partial charge in [0, 0.05) is 11.1 Å². The van der Waals surface area contributed by atoms with E-state index in [1.807, 2.05) is 36.4 Å². The minimum absolute atomic E-state index is 0.0365. The molecule has 0 saturated carbocycles. The number of hydrogen-bond acceptors (Lipinski definition) is 6. The van der Waals surface area contributed by atoms with Crippen LogP contribution in [-0.4, -0.2) is 38.4 Å². The molecule has 1 unspecified atom stereocenters. The summed E-state index contributed by atoms with van der Waals surface area (Å²) in [5.74, 6) is 2.08. The van der Waals surface area contributed by atoms with Crippen LogP contribution >= 0.6 is 0 Å². The molecular formula is C29H30O6. The number of carbonyl (C=O) groups is 2. The van der Waals surface area contributed by atoms with E-state index in [1.165, 1.54) is 0 Å². The number of hydrogen-bond donors (Lipinski definition) is 0. The Morgan fingerprint density at radius 1 is 0.829 bits per heavy atom. The van der Waals surface area contributed by atoms with Gasteiger partial charge in [-0.25, -0.2) is 9.59 Å². The minimum Gasteiger partial charge on any atom is -0.490 e. The van der Waals surface area contributed by atoms with Crippen LogP contribution in [0.3, 0.4) is 0 Å². The zero-order chi connectivity index (χ0) is 25.8. The van der Waals surface area contributed by atoms with Crippen molar-refractivity contribution in [3.8, 4) is 23.5 Å². The van der Waals surface area contributed by atoms with Crippen molar-refractivity contribution in [1.82, 2.24) is 0 Å². The third-order valence-corrected chi connectivity index (χ3v) is 4.85. The van der Waals surface area contributed by atoms with E-state index in [2.05, 4.69) is 25.7 Å². The molecular weight excluding hydrogens is 444 g/mol. The van der Waals surface area contributed by atoms with E-state index in [-0.39, 0.29) is 26.4 Å². The Labute approximate surface area is 206 Å². The predicted molar refractivity (Wildman–Crippen MR) is 135 cm³/mol. The van der Waals surface area contributed by atoms with Gasteiger partial charge in [-0.15, -0.1) is 6.42 Å². The van der Waals surface area contributed by atoms with Gasteiger partial charge in [0.2, 0.25) is 0 Å². The molecule has 6 nitrogen and oxygen atoms in total. The van der Waals surface area contributed by atoms with Gasteiger partial charge in [-0.05, 0) is 36.6 Å². The van der Waals surface area contributed by atoms with Gasteiger partial charge in [0.15, 0.2) is 0 Å². The highest BCUT2D eigenvalue weighted by atomic mass is 16.6. The van der Waals surface area contributed by atoms with Gasteiger partial charge in [-0.3, -0.25) is 0 Å². The first-order valence-electron chi connectivity index (χ1n) is 11.0. The molecule has 1 atom stereocenters. The molecule has 2 aromatic rings. The second kappa shape index (κ2) is 13.6. The lowest BCUT2D eigenvalue weighted by molar-refractivity contribution is -0.140. The maximum absolute atomic E-state index is 12.9. The number of carbonyl (C=O) groups excluding carboxylic acids is 2. The van der Waals surface area contributed by atoms with Crippen molar-refractivity contribution in [1.29, 1.82) is 0 Å². The minimum atomic E-state index is -0.722. The first-order valence-corrected chi connectivity index (χ1v) is 11.0. The molecule has 0 fully saturated rings. The molecule has 6 heteroatoms. The van der Waals surface area contributed by atoms with Crippen LogP contribution in [0.15, 0.2) is 85.2 Å². The zero-order valence-corrected chi connectivity index (χ0v) is 20.2. The number of allylic oxidation sites excluding steroid dienone is 1. The summed E-state index contributed by atoms with van der Waals surface area (Å²) in [5.41, 5.74) is 3.47. The summed E-state index contributed by atoms with van der Waals surface area (Å²) in [6, 6.07) is 14.5. The highest BCUT2D eigenvalue weighted by molar-refractivity contribution is 5.97. The Morgan fingerprint density at radius 2 is 1.43 bits per heavy atom. The van der Waals surface area contributed by atoms with Crippen molar-refractivity contribution in [2.24, 2.45) is 0 Å². The van der Waals surface area contributed by atoms with E-state index in [9.17, 15) is 9.59 Å². The number of rotatable bonds is 13. The first kappa shape index (κ1) is 27.2. The van der Waals surface area contributed by atoms with E-state index in [0.717, 1.165) is 5.56 Å². The lowest BCUT2D eigenvalue weighted by Gasteiger charge is -2.18. The SMILES string of the molecule is C#CC(OCCOC(=O)C(=C)C)c1ccccc1-c1ccccc1C(=O)OCCOC(=C)C(=C)C. The van der Waals surface area contributed by atoms with Crippen molar-refractivity contribution in [3.05, 3.63) is 96.3 Å². The third-order valence-electron chi connectivity index (χ3n) is 4.85. The van der Waals surface area contributed by atoms with E-state index in [4.69, 9.17) is 25.4 Å². The van der Waals surface area contributed by atoms with Crippen molar-refractivity contribution < 1.29 is 28.5 Å². The van der Waals surface area contributed by atoms with Crippen LogP contribution < -0.4 is 0 Å². The Hall–Kier alpha value is -4.08. The highest BCUT2D eigenvalue weighted by Crippen LogP contribution is 2.32. The Bertz CT molecular complexity index is 1140. The molecule has 182 valence electrons. The van der Waals surface area contributed by atoms with Crippen LogP contribution in [0.2, 0.25) is 0 Å². The maximum atomic E-state index is 12.9. The Balaban J connectivity index is 2.16. The van der Waals surface area contributed by atoms with Crippen LogP contribution in [0, 0.1) is 12.3 Å². The smallest absolute Gasteiger partial charge is 0.338 e. The molecule has 0 aliphatic heterocycles. The highest BCUT2D eigenvalue weighted by Gasteiger charge is 2.20. The van der Waals surface area contributed by atoms with Crippen molar-refractivity contribution in [2.45, 2.75) is 20.0 Å². The molecule has 0 amide bonds. The van der Waals surface area contributed by atoms with Gasteiger partial charge >= 0.3 is 11.9 Å². The molecule has 0 aromatic heterocycles. The lowest BCUT2D eigenvalue weighted by atomic mass is 9.93. The maximum Gasteiger partial charge on any atom is 0.338 e. The van der Waals surface area contributed by atoms with Crippen molar-refractivity contribution in [3.63, 3.8) is 0 Å². The summed E-state index contributed by atoms with van der Waals surface area (Å²) in [7, 11) is 0. The first-order chi connectivity index (χ1) is 16.8. The summed E-state index contributed by atoms with van der Waals surface area (Å²) in [5, 5.41) is 0. The molecule has 2 aromatic carbocycles. The number of terminal acetylenes is 1. The molecule has 0 radical (unpaired) electrons. The summed E-state index contributed by atoms with van der Waals surface area (Å²) in [4.78, 5) is 24.4. The number of esters is 2. The fraction of sp³-hybridized carbons (Fsp3) is 0.241. The summed E-state index contributed by atoms with van der Waals surface area (Å²) in [6.45, 7) is 14.7. The summed E-state index contributed by atoms with van der Waals surface area (Å²) < 4.78 is 21.7. The molecule has 0 heterocycles. The molecule has 0 aliphatic carbocycles. The largest absolute Gasteiger partial charge is 0.490 e. The molecule has 2 rings (SSSR count). The standard InChI is InChI=1S/C29H30O6/c1-7-27(33-17-19-34-28(30)21(4)5)25-14-10-8-12-23(25)24-13-9-11-15-26(24)29(31)35-18-16-32-22(6)20(2)3/h1,8-15,27H,2,4,6,16-19H2,3,5H3. The van der Waals surface area contributed by atoms with Crippen molar-refractivity contribution >= 4 is 11.9 Å². The average molecular weight is 475 g/mol. The Kier molecular flexibility index (Phi) is 10.5. The van der Waals surface area contributed by atoms with Crippen LogP contribution in [-0.2, 0) is 23.7 Å². The fourth-order valence-electron chi connectivity index (χ4n) is 3.02. The summed E-state index contributed by atoms with van der Waals surface area (Å²) >= 11 is 0. The monoisotopic (exact) mass is 474 g/mol. The molecule has 0 bridgehead atoms. The van der Waals surface area contributed by atoms with Crippen LogP contribution in [0.1, 0.15) is 35.9 Å².